The number of allylic oxidation sites excluding steroid dienone is 2. The molecule has 0 radical (unpaired) electrons. The maximum atomic E-state index is 5.81. The van der Waals surface area contributed by atoms with E-state index < -0.39 is 0 Å². The highest BCUT2D eigenvalue weighted by Gasteiger charge is 2.06. The average molecular weight is 458 g/mol. The van der Waals surface area contributed by atoms with Crippen molar-refractivity contribution in [3.05, 3.63) is 42.0 Å². The fourth-order valence-corrected chi connectivity index (χ4v) is 3.71. The lowest BCUT2D eigenvalue weighted by Gasteiger charge is -2.23. The molecule has 0 fully saturated rings. The first kappa shape index (κ1) is 29.4. The number of rotatable bonds is 21. The fourth-order valence-electron chi connectivity index (χ4n) is 3.71. The summed E-state index contributed by atoms with van der Waals surface area (Å²) < 4.78 is 6.73. The molecule has 0 aliphatic heterocycles. The first-order chi connectivity index (χ1) is 16.0. The number of ether oxygens (including phenoxy) is 1. The van der Waals surface area contributed by atoms with Crippen molar-refractivity contribution >= 4 is 6.21 Å². The molecule has 0 spiro atoms. The van der Waals surface area contributed by atoms with Crippen molar-refractivity contribution in [3.8, 4) is 5.75 Å². The van der Waals surface area contributed by atoms with Crippen molar-refractivity contribution in [1.82, 2.24) is 0 Å². The summed E-state index contributed by atoms with van der Waals surface area (Å²) in [4.78, 5) is 4.59. The van der Waals surface area contributed by atoms with E-state index in [9.17, 15) is 0 Å². The zero-order valence-electron chi connectivity index (χ0n) is 22.4. The van der Waals surface area contributed by atoms with E-state index in [0.717, 1.165) is 35.5 Å². The molecule has 0 N–H and O–H groups in total. The molecular formula is C30H53N2O+. The van der Waals surface area contributed by atoms with Gasteiger partial charge in [-0.2, -0.15) is 0 Å². The first-order valence-electron chi connectivity index (χ1n) is 13.7. The predicted octanol–water partition coefficient (Wildman–Crippen LogP) is 8.23. The van der Waals surface area contributed by atoms with Gasteiger partial charge in [-0.3, -0.25) is 4.99 Å². The molecule has 0 amide bonds. The summed E-state index contributed by atoms with van der Waals surface area (Å²) in [5, 5.41) is 0. The topological polar surface area (TPSA) is 21.6 Å². The molecule has 33 heavy (non-hydrogen) atoms. The minimum Gasteiger partial charge on any atom is -0.488 e. The van der Waals surface area contributed by atoms with Crippen LogP contribution in [0, 0.1) is 0 Å². The Bertz CT molecular complexity index is 613. The summed E-state index contributed by atoms with van der Waals surface area (Å²) in [6, 6.07) is 8.27. The van der Waals surface area contributed by atoms with Gasteiger partial charge in [0.25, 0.3) is 0 Å². The van der Waals surface area contributed by atoms with E-state index >= 15 is 0 Å². The van der Waals surface area contributed by atoms with Crippen LogP contribution in [0.15, 0.2) is 41.4 Å². The number of nitrogens with zero attached hydrogens (tertiary/aromatic N) is 2. The number of likely N-dealkylation sites (N-methyl/N-ethyl adjacent to an activating group) is 1. The monoisotopic (exact) mass is 457 g/mol. The van der Waals surface area contributed by atoms with E-state index in [1.54, 1.807) is 0 Å². The first-order valence-corrected chi connectivity index (χ1v) is 13.7. The molecule has 0 aliphatic rings. The lowest BCUT2D eigenvalue weighted by atomic mass is 10.1. The number of aliphatic imine (C=N–C) groups is 1. The molecule has 188 valence electrons. The van der Waals surface area contributed by atoms with Crippen molar-refractivity contribution in [3.63, 3.8) is 0 Å². The van der Waals surface area contributed by atoms with Gasteiger partial charge < -0.3 is 9.22 Å². The Morgan fingerprint density at radius 1 is 0.727 bits per heavy atom. The van der Waals surface area contributed by atoms with Crippen LogP contribution in [-0.2, 0) is 0 Å². The summed E-state index contributed by atoms with van der Waals surface area (Å²) >= 11 is 0. The van der Waals surface area contributed by atoms with Gasteiger partial charge >= 0.3 is 0 Å². The molecule has 0 unspecified atom stereocenters. The summed E-state index contributed by atoms with van der Waals surface area (Å²) in [6.45, 7) is 4.96. The van der Waals surface area contributed by atoms with Crippen LogP contribution in [0.3, 0.4) is 0 Å². The highest BCUT2D eigenvalue weighted by atomic mass is 16.5. The van der Waals surface area contributed by atoms with E-state index in [4.69, 9.17) is 4.74 Å². The zero-order chi connectivity index (χ0) is 24.0. The number of hydrogen-bond acceptors (Lipinski definition) is 2. The highest BCUT2D eigenvalue weighted by molar-refractivity contribution is 5.79. The minimum absolute atomic E-state index is 0.743. The van der Waals surface area contributed by atoms with Crippen molar-refractivity contribution in [1.29, 1.82) is 0 Å². The van der Waals surface area contributed by atoms with E-state index in [1.807, 2.05) is 18.3 Å². The third kappa shape index (κ3) is 19.6. The van der Waals surface area contributed by atoms with Gasteiger partial charge in [0.05, 0.1) is 21.1 Å². The van der Waals surface area contributed by atoms with Gasteiger partial charge in [0, 0.05) is 12.8 Å². The van der Waals surface area contributed by atoms with Crippen LogP contribution in [0.1, 0.15) is 102 Å². The molecule has 1 aromatic rings. The molecule has 1 aromatic carbocycles. The van der Waals surface area contributed by atoms with Gasteiger partial charge in [0.2, 0.25) is 0 Å². The maximum absolute atomic E-state index is 5.81. The van der Waals surface area contributed by atoms with E-state index in [0.29, 0.717) is 0 Å². The lowest BCUT2D eigenvalue weighted by molar-refractivity contribution is -0.870. The highest BCUT2D eigenvalue weighted by Crippen LogP contribution is 2.12. The van der Waals surface area contributed by atoms with E-state index in [-0.39, 0.29) is 0 Å². The fraction of sp³-hybridized carbons (Fsp3) is 0.700. The SMILES string of the molecule is CCCCCCCC/C=C\CCCCCCCCN=Cc1ccc(OCC[N+](C)(C)C)cc1. The summed E-state index contributed by atoms with van der Waals surface area (Å²) in [6.07, 6.45) is 25.7. The summed E-state index contributed by atoms with van der Waals surface area (Å²) in [7, 11) is 6.54. The average Bonchev–Trinajstić information content (AvgIpc) is 2.78. The molecule has 0 aromatic heterocycles. The number of quaternary nitrogens is 1. The van der Waals surface area contributed by atoms with Crippen molar-refractivity contribution in [2.24, 2.45) is 4.99 Å². The Morgan fingerprint density at radius 2 is 1.27 bits per heavy atom. The van der Waals surface area contributed by atoms with Crippen LogP contribution in [0.2, 0.25) is 0 Å². The van der Waals surface area contributed by atoms with Crippen LogP contribution < -0.4 is 4.74 Å². The Morgan fingerprint density at radius 3 is 1.85 bits per heavy atom. The molecule has 3 nitrogen and oxygen atoms in total. The predicted molar refractivity (Wildman–Crippen MR) is 147 cm³/mol. The van der Waals surface area contributed by atoms with Crippen LogP contribution in [0.5, 0.6) is 5.75 Å². The van der Waals surface area contributed by atoms with Gasteiger partial charge in [0.15, 0.2) is 0 Å². The maximum Gasteiger partial charge on any atom is 0.137 e. The van der Waals surface area contributed by atoms with Crippen molar-refractivity contribution in [2.45, 2.75) is 96.8 Å². The third-order valence-corrected chi connectivity index (χ3v) is 5.95. The van der Waals surface area contributed by atoms with Crippen LogP contribution in [-0.4, -0.2) is 51.5 Å². The van der Waals surface area contributed by atoms with Crippen LogP contribution in [0.4, 0.5) is 0 Å². The molecule has 0 aliphatic carbocycles. The number of hydrogen-bond donors (Lipinski definition) is 0. The van der Waals surface area contributed by atoms with E-state index in [2.05, 4.69) is 57.3 Å². The Labute approximate surface area is 205 Å². The van der Waals surface area contributed by atoms with Crippen LogP contribution >= 0.6 is 0 Å². The molecule has 1 rings (SSSR count). The van der Waals surface area contributed by atoms with Gasteiger partial charge in [-0.15, -0.1) is 0 Å². The quantitative estimate of drug-likeness (QED) is 0.0788. The van der Waals surface area contributed by atoms with Crippen LogP contribution in [0.25, 0.3) is 0 Å². The molecule has 0 heterocycles. The largest absolute Gasteiger partial charge is 0.488 e. The molecular weight excluding hydrogens is 404 g/mol. The van der Waals surface area contributed by atoms with Gasteiger partial charge in [-0.05, 0) is 61.9 Å². The second kappa shape index (κ2) is 19.8. The zero-order valence-corrected chi connectivity index (χ0v) is 22.4. The molecule has 0 bridgehead atoms. The Kier molecular flexibility index (Phi) is 17.7. The Hall–Kier alpha value is -1.61. The second-order valence-electron chi connectivity index (χ2n) is 10.4. The molecule has 3 heteroatoms. The van der Waals surface area contributed by atoms with Crippen molar-refractivity contribution in [2.75, 3.05) is 40.8 Å². The third-order valence-electron chi connectivity index (χ3n) is 5.95. The normalized spacial score (nSPS) is 12.2. The standard InChI is InChI=1S/C30H53N2O/c1-5-6-7-8-9-10-11-12-13-14-15-16-17-18-19-20-25-31-28-29-21-23-30(24-22-29)33-27-26-32(2,3)4/h12-13,21-24,28H,5-11,14-20,25-27H2,1-4H3/q+1/b13-12-,31-28?. The number of unbranched alkanes of at least 4 members (excludes halogenated alkanes) is 12. The van der Waals surface area contributed by atoms with E-state index in [1.165, 1.54) is 89.9 Å². The summed E-state index contributed by atoms with van der Waals surface area (Å²) in [5.74, 6) is 0.939. The molecule has 0 atom stereocenters. The van der Waals surface area contributed by atoms with Gasteiger partial charge in [-0.25, -0.2) is 0 Å². The lowest BCUT2D eigenvalue weighted by Crippen LogP contribution is -2.38. The Balaban J connectivity index is 1.92. The van der Waals surface area contributed by atoms with Crippen molar-refractivity contribution < 1.29 is 9.22 Å². The molecule has 0 saturated heterocycles. The smallest absolute Gasteiger partial charge is 0.137 e. The van der Waals surface area contributed by atoms with Gasteiger partial charge in [0.1, 0.15) is 18.9 Å². The number of benzene rings is 1. The molecule has 0 saturated carbocycles. The second-order valence-corrected chi connectivity index (χ2v) is 10.4. The van der Waals surface area contributed by atoms with Gasteiger partial charge in [-0.1, -0.05) is 76.9 Å². The minimum atomic E-state index is 0.743. The summed E-state index contributed by atoms with van der Waals surface area (Å²) in [5.41, 5.74) is 1.15.